The van der Waals surface area contributed by atoms with Crippen molar-refractivity contribution < 1.29 is 4.79 Å². The minimum Gasteiger partial charge on any atom is -0.378 e. The molecule has 1 amide bonds. The average Bonchev–Trinajstić information content (AvgIpc) is 2.29. The van der Waals surface area contributed by atoms with Crippen LogP contribution in [-0.2, 0) is 0 Å². The highest BCUT2D eigenvalue weighted by Crippen LogP contribution is 2.11. The molecule has 1 N–H and O–H groups in total. The van der Waals surface area contributed by atoms with E-state index >= 15 is 0 Å². The maximum Gasteiger partial charge on any atom is 0.251 e. The standard InChI is InChI=1S/C12H17BrN2O/c1-15(2)11-6-4-10(5-7-11)12(16)14-9-3-8-13/h4-7H,3,8-9H2,1-2H3,(H,14,16). The minimum absolute atomic E-state index is 0.00810. The van der Waals surface area contributed by atoms with Gasteiger partial charge in [-0.05, 0) is 30.7 Å². The summed E-state index contributed by atoms with van der Waals surface area (Å²) in [7, 11) is 3.95. The second kappa shape index (κ2) is 6.53. The van der Waals surface area contributed by atoms with E-state index in [4.69, 9.17) is 0 Å². The van der Waals surface area contributed by atoms with Gasteiger partial charge in [-0.3, -0.25) is 4.79 Å². The maximum atomic E-state index is 11.7. The van der Waals surface area contributed by atoms with Gasteiger partial charge in [-0.15, -0.1) is 0 Å². The zero-order chi connectivity index (χ0) is 12.0. The Labute approximate surface area is 105 Å². The van der Waals surface area contributed by atoms with Gasteiger partial charge in [0.1, 0.15) is 0 Å². The molecule has 0 aliphatic carbocycles. The van der Waals surface area contributed by atoms with Gasteiger partial charge >= 0.3 is 0 Å². The summed E-state index contributed by atoms with van der Waals surface area (Å²) in [5, 5.41) is 3.78. The highest BCUT2D eigenvalue weighted by molar-refractivity contribution is 9.09. The van der Waals surface area contributed by atoms with Gasteiger partial charge in [0.25, 0.3) is 5.91 Å². The van der Waals surface area contributed by atoms with E-state index in [1.807, 2.05) is 43.3 Å². The molecule has 0 saturated heterocycles. The van der Waals surface area contributed by atoms with E-state index in [0.717, 1.165) is 17.4 Å². The number of anilines is 1. The van der Waals surface area contributed by atoms with Crippen LogP contribution in [0.3, 0.4) is 0 Å². The average molecular weight is 285 g/mol. The summed E-state index contributed by atoms with van der Waals surface area (Å²) in [5.74, 6) is -0.00810. The first-order chi connectivity index (χ1) is 7.65. The zero-order valence-corrected chi connectivity index (χ0v) is 11.3. The molecule has 3 nitrogen and oxygen atoms in total. The van der Waals surface area contributed by atoms with Crippen LogP contribution in [0.2, 0.25) is 0 Å². The van der Waals surface area contributed by atoms with Crippen LogP contribution in [-0.4, -0.2) is 31.9 Å². The number of nitrogens with zero attached hydrogens (tertiary/aromatic N) is 1. The molecule has 88 valence electrons. The van der Waals surface area contributed by atoms with Crippen molar-refractivity contribution in [1.82, 2.24) is 5.32 Å². The number of carbonyl (C=O) groups is 1. The number of benzene rings is 1. The van der Waals surface area contributed by atoms with Gasteiger partial charge in [-0.25, -0.2) is 0 Å². The Kier molecular flexibility index (Phi) is 5.32. The van der Waals surface area contributed by atoms with Gasteiger partial charge in [-0.1, -0.05) is 15.9 Å². The minimum atomic E-state index is -0.00810. The van der Waals surface area contributed by atoms with Crippen LogP contribution in [0.4, 0.5) is 5.69 Å². The lowest BCUT2D eigenvalue weighted by molar-refractivity contribution is 0.0954. The molecule has 0 spiro atoms. The number of halogens is 1. The van der Waals surface area contributed by atoms with Gasteiger partial charge < -0.3 is 10.2 Å². The predicted octanol–water partition coefficient (Wildman–Crippen LogP) is 2.27. The number of rotatable bonds is 5. The van der Waals surface area contributed by atoms with E-state index in [1.54, 1.807) is 0 Å². The monoisotopic (exact) mass is 284 g/mol. The summed E-state index contributed by atoms with van der Waals surface area (Å²) < 4.78 is 0. The number of hydrogen-bond donors (Lipinski definition) is 1. The molecule has 0 aromatic heterocycles. The lowest BCUT2D eigenvalue weighted by atomic mass is 10.2. The highest BCUT2D eigenvalue weighted by atomic mass is 79.9. The number of carbonyl (C=O) groups excluding carboxylic acids is 1. The van der Waals surface area contributed by atoms with E-state index in [-0.39, 0.29) is 5.91 Å². The van der Waals surface area contributed by atoms with Crippen LogP contribution in [0.15, 0.2) is 24.3 Å². The molecule has 0 bridgehead atoms. The first kappa shape index (κ1) is 13.0. The molecule has 0 saturated carbocycles. The summed E-state index contributed by atoms with van der Waals surface area (Å²) in [6.07, 6.45) is 0.946. The van der Waals surface area contributed by atoms with E-state index in [9.17, 15) is 4.79 Å². The highest BCUT2D eigenvalue weighted by Gasteiger charge is 2.04. The first-order valence-electron chi connectivity index (χ1n) is 5.26. The Balaban J connectivity index is 2.56. The summed E-state index contributed by atoms with van der Waals surface area (Å²) >= 11 is 3.32. The van der Waals surface area contributed by atoms with Crippen molar-refractivity contribution in [1.29, 1.82) is 0 Å². The molecule has 0 aliphatic rings. The van der Waals surface area contributed by atoms with Crippen molar-refractivity contribution in [2.45, 2.75) is 6.42 Å². The van der Waals surface area contributed by atoms with Crippen molar-refractivity contribution in [3.63, 3.8) is 0 Å². The van der Waals surface area contributed by atoms with Gasteiger partial charge in [0.15, 0.2) is 0 Å². The van der Waals surface area contributed by atoms with Crippen molar-refractivity contribution in [2.75, 3.05) is 30.9 Å². The van der Waals surface area contributed by atoms with Crippen molar-refractivity contribution in [3.8, 4) is 0 Å². The Bertz CT molecular complexity index is 335. The fourth-order valence-corrected chi connectivity index (χ4v) is 1.56. The normalized spacial score (nSPS) is 9.94. The summed E-state index contributed by atoms with van der Waals surface area (Å²) in [6, 6.07) is 7.58. The molecule has 0 atom stereocenters. The van der Waals surface area contributed by atoms with Gasteiger partial charge in [0.05, 0.1) is 0 Å². The predicted molar refractivity (Wildman–Crippen MR) is 71.5 cm³/mol. The number of amides is 1. The lowest BCUT2D eigenvalue weighted by Gasteiger charge is -2.12. The molecular formula is C12H17BrN2O. The molecule has 1 aromatic carbocycles. The van der Waals surface area contributed by atoms with E-state index < -0.39 is 0 Å². The van der Waals surface area contributed by atoms with E-state index in [1.165, 1.54) is 0 Å². The second-order valence-corrected chi connectivity index (χ2v) is 4.53. The summed E-state index contributed by atoms with van der Waals surface area (Å²) in [4.78, 5) is 13.7. The Morgan fingerprint density at radius 2 is 1.94 bits per heavy atom. The van der Waals surface area contributed by atoms with E-state index in [0.29, 0.717) is 12.1 Å². The molecule has 0 unspecified atom stereocenters. The number of hydrogen-bond acceptors (Lipinski definition) is 2. The van der Waals surface area contributed by atoms with Gasteiger partial charge in [0.2, 0.25) is 0 Å². The van der Waals surface area contributed by atoms with Crippen molar-refractivity contribution in [3.05, 3.63) is 29.8 Å². The summed E-state index contributed by atoms with van der Waals surface area (Å²) in [6.45, 7) is 0.708. The molecule has 0 radical (unpaired) electrons. The molecule has 16 heavy (non-hydrogen) atoms. The topological polar surface area (TPSA) is 32.3 Å². The van der Waals surface area contributed by atoms with E-state index in [2.05, 4.69) is 21.2 Å². The van der Waals surface area contributed by atoms with Crippen LogP contribution in [0.1, 0.15) is 16.8 Å². The number of nitrogens with one attached hydrogen (secondary N) is 1. The molecule has 0 aliphatic heterocycles. The second-order valence-electron chi connectivity index (χ2n) is 3.74. The molecule has 4 heteroatoms. The molecule has 0 fully saturated rings. The largest absolute Gasteiger partial charge is 0.378 e. The molecule has 1 rings (SSSR count). The third-order valence-electron chi connectivity index (χ3n) is 2.24. The Hall–Kier alpha value is -1.03. The molecule has 1 aromatic rings. The van der Waals surface area contributed by atoms with Crippen molar-refractivity contribution in [2.24, 2.45) is 0 Å². The third-order valence-corrected chi connectivity index (χ3v) is 2.80. The molecule has 0 heterocycles. The van der Waals surface area contributed by atoms with Crippen LogP contribution in [0, 0.1) is 0 Å². The fourth-order valence-electron chi connectivity index (χ4n) is 1.28. The van der Waals surface area contributed by atoms with Gasteiger partial charge in [-0.2, -0.15) is 0 Å². The summed E-state index contributed by atoms with van der Waals surface area (Å²) in [5.41, 5.74) is 1.80. The van der Waals surface area contributed by atoms with Crippen LogP contribution < -0.4 is 10.2 Å². The third kappa shape index (κ3) is 3.85. The van der Waals surface area contributed by atoms with Crippen molar-refractivity contribution >= 4 is 27.5 Å². The smallest absolute Gasteiger partial charge is 0.251 e. The van der Waals surface area contributed by atoms with Crippen LogP contribution in [0.5, 0.6) is 0 Å². The molecular weight excluding hydrogens is 268 g/mol. The maximum absolute atomic E-state index is 11.7. The Morgan fingerprint density at radius 3 is 2.44 bits per heavy atom. The Morgan fingerprint density at radius 1 is 1.31 bits per heavy atom. The quantitative estimate of drug-likeness (QED) is 0.665. The SMILES string of the molecule is CN(C)c1ccc(C(=O)NCCCBr)cc1. The van der Waals surface area contributed by atoms with Gasteiger partial charge in [0, 0.05) is 37.2 Å². The fraction of sp³-hybridized carbons (Fsp3) is 0.417. The van der Waals surface area contributed by atoms with Crippen LogP contribution >= 0.6 is 15.9 Å². The number of alkyl halides is 1. The van der Waals surface area contributed by atoms with Crippen LogP contribution in [0.25, 0.3) is 0 Å². The lowest BCUT2D eigenvalue weighted by Crippen LogP contribution is -2.24. The first-order valence-corrected chi connectivity index (χ1v) is 6.39. The zero-order valence-electron chi connectivity index (χ0n) is 9.66.